The van der Waals surface area contributed by atoms with Crippen LogP contribution >= 0.6 is 0 Å². The van der Waals surface area contributed by atoms with Crippen molar-refractivity contribution in [2.75, 3.05) is 0 Å². The summed E-state index contributed by atoms with van der Waals surface area (Å²) in [4.78, 5) is 27.9. The molecule has 0 aliphatic rings. The van der Waals surface area contributed by atoms with Crippen molar-refractivity contribution in [3.05, 3.63) is 146 Å². The molecule has 8 aromatic rings. The van der Waals surface area contributed by atoms with Gasteiger partial charge >= 0.3 is 0 Å². The number of rotatable bonds is 5. The summed E-state index contributed by atoms with van der Waals surface area (Å²) in [5.74, 6) is 1.77. The normalized spacial score (nSPS) is 11.2. The van der Waals surface area contributed by atoms with Gasteiger partial charge in [-0.25, -0.2) is 19.9 Å². The minimum atomic E-state index is 0.587. The molecule has 0 spiro atoms. The fourth-order valence-electron chi connectivity index (χ4n) is 5.56. The summed E-state index contributed by atoms with van der Waals surface area (Å²) >= 11 is 0. The van der Waals surface area contributed by atoms with Crippen LogP contribution < -0.4 is 0 Å². The van der Waals surface area contributed by atoms with Crippen LogP contribution in [-0.4, -0.2) is 29.9 Å². The lowest BCUT2D eigenvalue weighted by Crippen LogP contribution is -2.00. The van der Waals surface area contributed by atoms with Crippen LogP contribution in [0, 0.1) is 0 Å². The summed E-state index contributed by atoms with van der Waals surface area (Å²) in [7, 11) is 0. The number of nitrogens with zero attached hydrogens (tertiary/aromatic N) is 6. The largest absolute Gasteiger partial charge is 0.265 e. The Morgan fingerprint density at radius 2 is 0.932 bits per heavy atom. The summed E-state index contributed by atoms with van der Waals surface area (Å²) in [5.41, 5.74) is 7.83. The van der Waals surface area contributed by atoms with Gasteiger partial charge in [0.1, 0.15) is 0 Å². The molecule has 6 heteroatoms. The van der Waals surface area contributed by atoms with Crippen molar-refractivity contribution in [1.29, 1.82) is 0 Å². The molecule has 0 radical (unpaired) electrons. The van der Waals surface area contributed by atoms with Gasteiger partial charge in [0.2, 0.25) is 0 Å². The van der Waals surface area contributed by atoms with Gasteiger partial charge in [0, 0.05) is 52.4 Å². The summed E-state index contributed by atoms with van der Waals surface area (Å²) in [6.07, 6.45) is 6.96. The molecule has 0 bridgehead atoms. The summed E-state index contributed by atoms with van der Waals surface area (Å²) < 4.78 is 0. The highest BCUT2D eigenvalue weighted by Crippen LogP contribution is 2.37. The van der Waals surface area contributed by atoms with Gasteiger partial charge in [-0.2, -0.15) is 0 Å². The minimum absolute atomic E-state index is 0.587. The number of fused-ring (bicyclic) bond motifs is 3. The maximum Gasteiger partial charge on any atom is 0.164 e. The van der Waals surface area contributed by atoms with E-state index < -0.39 is 0 Å². The second-order valence-electron chi connectivity index (χ2n) is 10.5. The zero-order chi connectivity index (χ0) is 29.3. The van der Waals surface area contributed by atoms with Gasteiger partial charge in [-0.1, -0.05) is 84.9 Å². The van der Waals surface area contributed by atoms with Gasteiger partial charge in [0.15, 0.2) is 17.5 Å². The molecule has 0 N–H and O–H groups in total. The Kier molecular flexibility index (Phi) is 6.35. The highest BCUT2D eigenvalue weighted by Gasteiger charge is 2.15. The van der Waals surface area contributed by atoms with Crippen LogP contribution in [0.3, 0.4) is 0 Å². The average Bonchev–Trinajstić information content (AvgIpc) is 3.12. The Morgan fingerprint density at radius 1 is 0.386 bits per heavy atom. The number of aromatic nitrogens is 6. The lowest BCUT2D eigenvalue weighted by atomic mass is 9.94. The Bertz CT molecular complexity index is 2200. The maximum absolute atomic E-state index is 5.14. The topological polar surface area (TPSA) is 77.3 Å². The molecule has 0 saturated carbocycles. The number of hydrogen-bond donors (Lipinski definition) is 0. The minimum Gasteiger partial charge on any atom is -0.265 e. The van der Waals surface area contributed by atoms with E-state index in [-0.39, 0.29) is 0 Å². The van der Waals surface area contributed by atoms with Crippen LogP contribution in [0.1, 0.15) is 0 Å². The SMILES string of the molecule is c1ccc(-c2cc(-c3ccc(-c4nc(-c5ccncc5)nc(-c5ccncc5)n4)cc3)nc3ccc4ccccc4c23)cc1. The lowest BCUT2D eigenvalue weighted by Gasteiger charge is -2.13. The molecular weight excluding hydrogens is 540 g/mol. The van der Waals surface area contributed by atoms with Gasteiger partial charge < -0.3 is 0 Å². The van der Waals surface area contributed by atoms with Crippen LogP contribution in [0.2, 0.25) is 0 Å². The summed E-state index contributed by atoms with van der Waals surface area (Å²) in [5, 5.41) is 3.56. The van der Waals surface area contributed by atoms with E-state index in [1.807, 2.05) is 42.5 Å². The van der Waals surface area contributed by atoms with E-state index in [9.17, 15) is 0 Å². The highest BCUT2D eigenvalue weighted by atomic mass is 15.0. The number of hydrogen-bond acceptors (Lipinski definition) is 6. The van der Waals surface area contributed by atoms with Gasteiger partial charge in [0.25, 0.3) is 0 Å². The van der Waals surface area contributed by atoms with E-state index in [1.54, 1.807) is 24.8 Å². The molecule has 0 aliphatic carbocycles. The third-order valence-corrected chi connectivity index (χ3v) is 7.73. The van der Waals surface area contributed by atoms with Crippen molar-refractivity contribution in [1.82, 2.24) is 29.9 Å². The molecule has 4 aromatic carbocycles. The van der Waals surface area contributed by atoms with Gasteiger partial charge in [0.05, 0.1) is 11.2 Å². The van der Waals surface area contributed by atoms with E-state index in [0.717, 1.165) is 50.0 Å². The van der Waals surface area contributed by atoms with Gasteiger partial charge in [-0.05, 0) is 58.3 Å². The van der Waals surface area contributed by atoms with Crippen molar-refractivity contribution in [2.24, 2.45) is 0 Å². The molecule has 0 unspecified atom stereocenters. The second-order valence-corrected chi connectivity index (χ2v) is 10.5. The Hall–Kier alpha value is -6.14. The fraction of sp³-hybridized carbons (Fsp3) is 0. The molecule has 0 amide bonds. The first kappa shape index (κ1) is 25.6. The summed E-state index contributed by atoms with van der Waals surface area (Å²) in [6.45, 7) is 0. The second kappa shape index (κ2) is 10.9. The van der Waals surface area contributed by atoms with E-state index in [4.69, 9.17) is 19.9 Å². The standard InChI is InChI=1S/C38H24N6/c1-2-6-25(7-3-1)32-24-34(41-33-15-14-26-8-4-5-9-31(26)35(32)33)27-10-12-28(13-11-27)36-42-37(29-16-20-39-21-17-29)44-38(43-36)30-18-22-40-23-19-30/h1-24H. The molecule has 0 aliphatic heterocycles. The molecule has 206 valence electrons. The van der Waals surface area contributed by atoms with Crippen molar-refractivity contribution >= 4 is 21.7 Å². The number of pyridine rings is 3. The molecule has 0 fully saturated rings. The van der Waals surface area contributed by atoms with Crippen molar-refractivity contribution in [2.45, 2.75) is 0 Å². The average molecular weight is 565 g/mol. The van der Waals surface area contributed by atoms with Crippen LogP contribution in [-0.2, 0) is 0 Å². The summed E-state index contributed by atoms with van der Waals surface area (Å²) in [6, 6.07) is 41.3. The van der Waals surface area contributed by atoms with Crippen LogP contribution in [0.5, 0.6) is 0 Å². The Morgan fingerprint density at radius 3 is 1.57 bits per heavy atom. The number of benzene rings is 4. The van der Waals surface area contributed by atoms with Crippen molar-refractivity contribution in [3.8, 4) is 56.5 Å². The van der Waals surface area contributed by atoms with E-state index in [0.29, 0.717) is 17.5 Å². The first-order chi connectivity index (χ1) is 21.8. The zero-order valence-corrected chi connectivity index (χ0v) is 23.5. The third-order valence-electron chi connectivity index (χ3n) is 7.73. The van der Waals surface area contributed by atoms with E-state index in [2.05, 4.69) is 88.8 Å². The molecule has 4 heterocycles. The molecule has 6 nitrogen and oxygen atoms in total. The van der Waals surface area contributed by atoms with Crippen LogP contribution in [0.15, 0.2) is 146 Å². The smallest absolute Gasteiger partial charge is 0.164 e. The molecule has 0 atom stereocenters. The predicted molar refractivity (Wildman–Crippen MR) is 175 cm³/mol. The highest BCUT2D eigenvalue weighted by molar-refractivity contribution is 6.13. The molecule has 8 rings (SSSR count). The first-order valence-electron chi connectivity index (χ1n) is 14.4. The van der Waals surface area contributed by atoms with Crippen LogP contribution in [0.4, 0.5) is 0 Å². The molecular formula is C38H24N6. The first-order valence-corrected chi connectivity index (χ1v) is 14.4. The van der Waals surface area contributed by atoms with Gasteiger partial charge in [-0.15, -0.1) is 0 Å². The van der Waals surface area contributed by atoms with Crippen LogP contribution in [0.25, 0.3) is 78.2 Å². The lowest BCUT2D eigenvalue weighted by molar-refractivity contribution is 1.07. The molecule has 0 saturated heterocycles. The maximum atomic E-state index is 5.14. The Labute approximate surface area is 253 Å². The van der Waals surface area contributed by atoms with E-state index >= 15 is 0 Å². The molecule has 4 aromatic heterocycles. The Balaban J connectivity index is 1.25. The van der Waals surface area contributed by atoms with Gasteiger partial charge in [-0.3, -0.25) is 9.97 Å². The van der Waals surface area contributed by atoms with Crippen molar-refractivity contribution < 1.29 is 0 Å². The van der Waals surface area contributed by atoms with E-state index in [1.165, 1.54) is 10.8 Å². The zero-order valence-electron chi connectivity index (χ0n) is 23.5. The fourth-order valence-corrected chi connectivity index (χ4v) is 5.56. The third kappa shape index (κ3) is 4.74. The molecule has 44 heavy (non-hydrogen) atoms. The monoisotopic (exact) mass is 564 g/mol. The van der Waals surface area contributed by atoms with Crippen molar-refractivity contribution in [3.63, 3.8) is 0 Å². The quantitative estimate of drug-likeness (QED) is 0.195. The predicted octanol–water partition coefficient (Wildman–Crippen LogP) is 8.70.